The van der Waals surface area contributed by atoms with Gasteiger partial charge in [0.2, 0.25) is 0 Å². The maximum atomic E-state index is 3.80. The minimum Gasteiger partial charge on any atom is -0.691 e. The van der Waals surface area contributed by atoms with E-state index in [-0.39, 0.29) is 32.7 Å². The minimum atomic E-state index is 0. The minimum absolute atomic E-state index is 0. The zero-order chi connectivity index (χ0) is 10.6. The van der Waals surface area contributed by atoms with E-state index in [1.54, 1.807) is 7.05 Å². The third kappa shape index (κ3) is 4.81. The fraction of sp³-hybridized carbons (Fsp3) is 0.917. The van der Waals surface area contributed by atoms with Gasteiger partial charge in [-0.1, -0.05) is 6.92 Å². The first-order valence-electron chi connectivity index (χ1n) is 5.64. The Morgan fingerprint density at radius 1 is 1.40 bits per heavy atom. The summed E-state index contributed by atoms with van der Waals surface area (Å²) < 4.78 is 0. The quantitative estimate of drug-likeness (QED) is 0.713. The Hall–Kier alpha value is 1.02. The largest absolute Gasteiger partial charge is 0.691 e. The van der Waals surface area contributed by atoms with E-state index in [1.165, 1.54) is 25.9 Å². The van der Waals surface area contributed by atoms with E-state index in [0.717, 1.165) is 17.9 Å². The van der Waals surface area contributed by atoms with Crippen molar-refractivity contribution in [3.05, 3.63) is 11.7 Å². The maximum absolute atomic E-state index is 3.80. The molecule has 1 saturated heterocycles. The van der Waals surface area contributed by atoms with E-state index >= 15 is 0 Å². The number of rotatable bonds is 2. The molecule has 0 unspecified atom stereocenters. The molecule has 1 aliphatic carbocycles. The maximum Gasteiger partial charge on any atom is 0.00476 e. The Labute approximate surface area is 120 Å². The average Bonchev–Trinajstić information content (AvgIpc) is 2.02. The molecule has 1 heterocycles. The van der Waals surface area contributed by atoms with Crippen LogP contribution in [0.3, 0.4) is 0 Å². The van der Waals surface area contributed by atoms with Crippen LogP contribution in [0.2, 0.25) is 0 Å². The van der Waals surface area contributed by atoms with E-state index in [4.69, 9.17) is 0 Å². The molecule has 15 heavy (non-hydrogen) atoms. The normalized spacial score (nSPS) is 23.2. The average molecular weight is 285 g/mol. The zero-order valence-corrected chi connectivity index (χ0v) is 13.5. The first-order chi connectivity index (χ1) is 6.62. The number of hydrogen-bond donors (Lipinski definition) is 0. The molecule has 3 heteroatoms. The van der Waals surface area contributed by atoms with Gasteiger partial charge >= 0.3 is 0 Å². The van der Waals surface area contributed by atoms with Crippen molar-refractivity contribution in [2.24, 2.45) is 11.3 Å². The van der Waals surface area contributed by atoms with Gasteiger partial charge in [0.05, 0.1) is 0 Å². The molecule has 1 aliphatic heterocycles. The molecular formula is C12H24N2Y-2. The van der Waals surface area contributed by atoms with Gasteiger partial charge < -0.3 is 16.6 Å². The summed E-state index contributed by atoms with van der Waals surface area (Å²) in [5, 5.41) is 3.80. The third-order valence-corrected chi connectivity index (χ3v) is 3.14. The van der Waals surface area contributed by atoms with Crippen molar-refractivity contribution >= 4 is 0 Å². The molecule has 0 amide bonds. The summed E-state index contributed by atoms with van der Waals surface area (Å²) in [7, 11) is 4.02. The van der Waals surface area contributed by atoms with E-state index in [2.05, 4.69) is 24.2 Å². The van der Waals surface area contributed by atoms with Crippen molar-refractivity contribution in [1.29, 1.82) is 0 Å². The molecule has 1 radical (unpaired) electrons. The van der Waals surface area contributed by atoms with Crippen LogP contribution in [0.1, 0.15) is 26.7 Å². The van der Waals surface area contributed by atoms with Crippen LogP contribution in [0.4, 0.5) is 0 Å². The number of likely N-dealkylation sites (tertiary alicyclic amines) is 1. The third-order valence-electron chi connectivity index (χ3n) is 3.14. The van der Waals surface area contributed by atoms with Crippen LogP contribution in [-0.4, -0.2) is 38.6 Å². The molecule has 0 N–H and O–H groups in total. The first kappa shape index (κ1) is 16.0. The van der Waals surface area contributed by atoms with Crippen molar-refractivity contribution in [3.63, 3.8) is 0 Å². The molecule has 0 atom stereocenters. The van der Waals surface area contributed by atoms with Gasteiger partial charge in [0.1, 0.15) is 0 Å². The van der Waals surface area contributed by atoms with Crippen LogP contribution >= 0.6 is 0 Å². The molecule has 87 valence electrons. The molecule has 1 spiro atoms. The monoisotopic (exact) mass is 285 g/mol. The molecule has 2 fully saturated rings. The summed E-state index contributed by atoms with van der Waals surface area (Å²) in [6.45, 7) is 7.99. The van der Waals surface area contributed by atoms with Crippen LogP contribution < -0.4 is 0 Å². The van der Waals surface area contributed by atoms with E-state index in [9.17, 15) is 0 Å². The summed E-state index contributed by atoms with van der Waals surface area (Å²) >= 11 is 0. The zero-order valence-electron chi connectivity index (χ0n) is 10.7. The van der Waals surface area contributed by atoms with Gasteiger partial charge in [0, 0.05) is 45.8 Å². The van der Waals surface area contributed by atoms with Crippen LogP contribution in [-0.2, 0) is 32.7 Å². The second-order valence-corrected chi connectivity index (χ2v) is 5.09. The fourth-order valence-electron chi connectivity index (χ4n) is 2.96. The van der Waals surface area contributed by atoms with Crippen molar-refractivity contribution in [2.75, 3.05) is 33.7 Å². The molecule has 0 aromatic carbocycles. The molecule has 1 saturated carbocycles. The summed E-state index contributed by atoms with van der Waals surface area (Å²) in [6.07, 6.45) is 5.01. The van der Waals surface area contributed by atoms with Gasteiger partial charge in [-0.05, 0) is 31.2 Å². The van der Waals surface area contributed by atoms with Crippen molar-refractivity contribution < 1.29 is 32.7 Å². The summed E-state index contributed by atoms with van der Waals surface area (Å²) in [5.74, 6) is 1.03. The topological polar surface area (TPSA) is 17.3 Å². The van der Waals surface area contributed by atoms with E-state index in [0.29, 0.717) is 0 Å². The molecular weight excluding hydrogens is 261 g/mol. The van der Waals surface area contributed by atoms with Gasteiger partial charge in [-0.15, -0.1) is 0 Å². The number of hydrogen-bond acceptors (Lipinski definition) is 1. The van der Waals surface area contributed by atoms with Gasteiger partial charge in [0.15, 0.2) is 0 Å². The molecule has 2 nitrogen and oxygen atoms in total. The molecule has 2 aliphatic rings. The Morgan fingerprint density at radius 3 is 2.13 bits per heavy atom. The molecule has 0 bridgehead atoms. The smallest absolute Gasteiger partial charge is 0.00476 e. The first-order valence-corrected chi connectivity index (χ1v) is 5.64. The van der Waals surface area contributed by atoms with Crippen molar-refractivity contribution in [2.45, 2.75) is 26.7 Å². The van der Waals surface area contributed by atoms with Crippen molar-refractivity contribution in [3.8, 4) is 0 Å². The van der Waals surface area contributed by atoms with Gasteiger partial charge in [-0.2, -0.15) is 14.0 Å². The second kappa shape index (κ2) is 7.37. The Balaban J connectivity index is 0.000000289. The SMILES string of the molecule is CC1CC2(C1)CN(C)C2.C[CH-]C[N-]C.[Y]. The van der Waals surface area contributed by atoms with Crippen LogP contribution in [0.5, 0.6) is 0 Å². The van der Waals surface area contributed by atoms with Crippen LogP contribution in [0, 0.1) is 17.8 Å². The predicted molar refractivity (Wildman–Crippen MR) is 62.5 cm³/mol. The van der Waals surface area contributed by atoms with Crippen molar-refractivity contribution in [1.82, 2.24) is 4.90 Å². The summed E-state index contributed by atoms with van der Waals surface area (Å²) in [5.41, 5.74) is 0.814. The fourth-order valence-corrected chi connectivity index (χ4v) is 2.96. The molecule has 0 aromatic heterocycles. The van der Waals surface area contributed by atoms with E-state index in [1.807, 2.05) is 13.3 Å². The van der Waals surface area contributed by atoms with Crippen LogP contribution in [0.15, 0.2) is 0 Å². The Kier molecular flexibility index (Phi) is 7.87. The summed E-state index contributed by atoms with van der Waals surface area (Å²) in [4.78, 5) is 2.42. The standard InChI is InChI=1S/C8H15N.C4H9N.Y/c1-7-3-8(4-7)5-9(2)6-8;1-3-4-5-2;/h7H,3-6H2,1-2H3;3H,4H2,1-2H3;/q;-2;. The predicted octanol–water partition coefficient (Wildman–Crippen LogP) is 2.56. The summed E-state index contributed by atoms with van der Waals surface area (Å²) in [6, 6.07) is 0. The molecule has 2 rings (SSSR count). The van der Waals surface area contributed by atoms with Gasteiger partial charge in [0.25, 0.3) is 0 Å². The number of nitrogens with zero attached hydrogens (tertiary/aromatic N) is 2. The van der Waals surface area contributed by atoms with Gasteiger partial charge in [-0.25, -0.2) is 0 Å². The van der Waals surface area contributed by atoms with E-state index < -0.39 is 0 Å². The molecule has 0 aromatic rings. The van der Waals surface area contributed by atoms with Crippen LogP contribution in [0.25, 0.3) is 5.32 Å². The Bertz CT molecular complexity index is 139. The second-order valence-electron chi connectivity index (χ2n) is 5.09. The van der Waals surface area contributed by atoms with Gasteiger partial charge in [-0.3, -0.25) is 6.54 Å². The Morgan fingerprint density at radius 2 is 1.93 bits per heavy atom.